The summed E-state index contributed by atoms with van der Waals surface area (Å²) in [4.78, 5) is 12.5. The van der Waals surface area contributed by atoms with Crippen LogP contribution in [0, 0.1) is 0 Å². The van der Waals surface area contributed by atoms with Crippen LogP contribution in [-0.2, 0) is 4.79 Å². The lowest BCUT2D eigenvalue weighted by Crippen LogP contribution is -2.45. The van der Waals surface area contributed by atoms with Gasteiger partial charge in [-0.3, -0.25) is 4.79 Å². The minimum absolute atomic E-state index is 0.0711. The summed E-state index contributed by atoms with van der Waals surface area (Å²) >= 11 is 0. The van der Waals surface area contributed by atoms with Gasteiger partial charge in [-0.25, -0.2) is 0 Å². The second-order valence-electron chi connectivity index (χ2n) is 20.0. The van der Waals surface area contributed by atoms with Crippen molar-refractivity contribution < 1.29 is 15.0 Å². The molecule has 390 valence electrons. The van der Waals surface area contributed by atoms with E-state index in [1.807, 2.05) is 6.08 Å². The maximum absolute atomic E-state index is 12.5. The van der Waals surface area contributed by atoms with Gasteiger partial charge >= 0.3 is 0 Å². The van der Waals surface area contributed by atoms with E-state index in [0.29, 0.717) is 6.42 Å². The van der Waals surface area contributed by atoms with Gasteiger partial charge in [-0.05, 0) is 70.6 Å². The zero-order valence-electron chi connectivity index (χ0n) is 44.9. The number of hydrogen-bond donors (Lipinski definition) is 3. The van der Waals surface area contributed by atoms with E-state index >= 15 is 0 Å². The third kappa shape index (κ3) is 54.6. The molecule has 0 heterocycles. The molecule has 4 heteroatoms. The molecule has 0 spiro atoms. The molecule has 0 aromatic rings. The van der Waals surface area contributed by atoms with Gasteiger partial charge in [0.2, 0.25) is 5.91 Å². The summed E-state index contributed by atoms with van der Waals surface area (Å²) in [6.07, 6.45) is 83.7. The molecule has 2 atom stereocenters. The molecule has 0 aliphatic carbocycles. The molecule has 0 saturated carbocycles. The monoisotopic (exact) mass is 934 g/mol. The van der Waals surface area contributed by atoms with Gasteiger partial charge in [-0.15, -0.1) is 0 Å². The second kappa shape index (κ2) is 58.1. The molecule has 1 amide bonds. The maximum Gasteiger partial charge on any atom is 0.220 e. The molecular formula is C63H115NO3. The van der Waals surface area contributed by atoms with Crippen LogP contribution in [0.4, 0.5) is 0 Å². The van der Waals surface area contributed by atoms with Crippen molar-refractivity contribution in [3.8, 4) is 0 Å². The number of carbonyl (C=O) groups excluding carboxylic acids is 1. The molecule has 0 radical (unpaired) electrons. The van der Waals surface area contributed by atoms with Crippen LogP contribution >= 0.6 is 0 Å². The summed E-state index contributed by atoms with van der Waals surface area (Å²) in [7, 11) is 0. The molecular weight excluding hydrogens is 819 g/mol. The number of amides is 1. The van der Waals surface area contributed by atoms with Gasteiger partial charge < -0.3 is 15.5 Å². The summed E-state index contributed by atoms with van der Waals surface area (Å²) in [5.74, 6) is -0.0711. The van der Waals surface area contributed by atoms with Crippen molar-refractivity contribution in [2.24, 2.45) is 0 Å². The number of carbonyl (C=O) groups is 1. The molecule has 0 aromatic carbocycles. The zero-order chi connectivity index (χ0) is 48.5. The Kier molecular flexibility index (Phi) is 56.3. The smallest absolute Gasteiger partial charge is 0.220 e. The van der Waals surface area contributed by atoms with Crippen molar-refractivity contribution in [2.75, 3.05) is 6.61 Å². The van der Waals surface area contributed by atoms with Crippen LogP contribution in [0.2, 0.25) is 0 Å². The SMILES string of the molecule is CC/C=C\C/C=C\C/C=C\C/C=C\CCCCCCCCCCCCCCCCCCCCC(=O)NC(CO)C(O)/C=C/CC/C=C/CCCCCCCCCCCCCCCCCCCC. The highest BCUT2D eigenvalue weighted by Crippen LogP contribution is 2.17. The molecule has 0 bridgehead atoms. The Labute approximate surface area is 419 Å². The van der Waals surface area contributed by atoms with Crippen LogP contribution in [0.3, 0.4) is 0 Å². The largest absolute Gasteiger partial charge is 0.394 e. The molecule has 4 nitrogen and oxygen atoms in total. The van der Waals surface area contributed by atoms with Crippen molar-refractivity contribution in [2.45, 2.75) is 315 Å². The van der Waals surface area contributed by atoms with Crippen LogP contribution in [0.25, 0.3) is 0 Å². The molecule has 0 saturated heterocycles. The Morgan fingerprint density at radius 2 is 0.672 bits per heavy atom. The first-order valence-electron chi connectivity index (χ1n) is 29.7. The molecule has 0 aliphatic rings. The average molecular weight is 935 g/mol. The van der Waals surface area contributed by atoms with Gasteiger partial charge in [-0.1, -0.05) is 299 Å². The van der Waals surface area contributed by atoms with E-state index in [4.69, 9.17) is 0 Å². The third-order valence-corrected chi connectivity index (χ3v) is 13.4. The first kappa shape index (κ1) is 64.8. The Bertz CT molecular complexity index is 1150. The van der Waals surface area contributed by atoms with E-state index in [2.05, 4.69) is 79.9 Å². The summed E-state index contributed by atoms with van der Waals surface area (Å²) in [5, 5.41) is 23.2. The van der Waals surface area contributed by atoms with E-state index in [-0.39, 0.29) is 12.5 Å². The Morgan fingerprint density at radius 1 is 0.373 bits per heavy atom. The van der Waals surface area contributed by atoms with Crippen molar-refractivity contribution in [1.29, 1.82) is 0 Å². The highest BCUT2D eigenvalue weighted by Gasteiger charge is 2.18. The molecule has 0 aromatic heterocycles. The van der Waals surface area contributed by atoms with Crippen LogP contribution in [0.5, 0.6) is 0 Å². The number of aliphatic hydroxyl groups is 2. The van der Waals surface area contributed by atoms with Gasteiger partial charge in [-0.2, -0.15) is 0 Å². The standard InChI is InChI=1S/C63H115NO3/c1-3-5-7-9-11-13-15-17-19-21-23-25-27-29-30-31-32-33-34-35-37-39-41-43-45-47-49-51-53-55-57-59-63(67)64-61(60-65)62(66)58-56-54-52-50-48-46-44-42-40-38-36-28-26-24-22-20-18-16-14-12-10-8-6-4-2/h5,7,11,13,17,19,23,25,48,50,56,58,61-62,65-66H,3-4,6,8-10,12,14-16,18,20-22,24,26-47,49,51-55,57,59-60H2,1-2H3,(H,64,67)/b7-5-,13-11-,19-17-,25-23-,50-48+,58-56+. The van der Waals surface area contributed by atoms with Crippen molar-refractivity contribution in [3.05, 3.63) is 72.9 Å². The van der Waals surface area contributed by atoms with Gasteiger partial charge in [0.05, 0.1) is 18.8 Å². The van der Waals surface area contributed by atoms with Crippen LogP contribution < -0.4 is 5.32 Å². The van der Waals surface area contributed by atoms with Crippen LogP contribution in [-0.4, -0.2) is 34.9 Å². The molecule has 3 N–H and O–H groups in total. The Balaban J connectivity index is 3.51. The van der Waals surface area contributed by atoms with E-state index < -0.39 is 12.1 Å². The summed E-state index contributed by atoms with van der Waals surface area (Å²) in [6, 6.07) is -0.642. The normalized spacial score (nSPS) is 13.3. The minimum Gasteiger partial charge on any atom is -0.394 e. The topological polar surface area (TPSA) is 69.6 Å². The first-order valence-corrected chi connectivity index (χ1v) is 29.7. The maximum atomic E-state index is 12.5. The number of hydrogen-bond acceptors (Lipinski definition) is 3. The number of rotatable bonds is 54. The lowest BCUT2D eigenvalue weighted by molar-refractivity contribution is -0.123. The lowest BCUT2D eigenvalue weighted by atomic mass is 10.0. The van der Waals surface area contributed by atoms with E-state index in [1.165, 1.54) is 225 Å². The lowest BCUT2D eigenvalue weighted by Gasteiger charge is -2.19. The van der Waals surface area contributed by atoms with Crippen molar-refractivity contribution in [1.82, 2.24) is 5.32 Å². The Morgan fingerprint density at radius 3 is 1.04 bits per heavy atom. The third-order valence-electron chi connectivity index (χ3n) is 13.4. The predicted molar refractivity (Wildman–Crippen MR) is 299 cm³/mol. The zero-order valence-corrected chi connectivity index (χ0v) is 44.9. The minimum atomic E-state index is -0.865. The van der Waals surface area contributed by atoms with Crippen molar-refractivity contribution >= 4 is 5.91 Å². The summed E-state index contributed by atoms with van der Waals surface area (Å²) < 4.78 is 0. The second-order valence-corrected chi connectivity index (χ2v) is 20.0. The fourth-order valence-corrected chi connectivity index (χ4v) is 8.95. The highest BCUT2D eigenvalue weighted by molar-refractivity contribution is 5.76. The van der Waals surface area contributed by atoms with Gasteiger partial charge in [0.15, 0.2) is 0 Å². The molecule has 0 fully saturated rings. The van der Waals surface area contributed by atoms with E-state index in [0.717, 1.165) is 57.8 Å². The van der Waals surface area contributed by atoms with E-state index in [1.54, 1.807) is 6.08 Å². The Hall–Kier alpha value is -2.17. The van der Waals surface area contributed by atoms with E-state index in [9.17, 15) is 15.0 Å². The van der Waals surface area contributed by atoms with Gasteiger partial charge in [0.1, 0.15) is 0 Å². The van der Waals surface area contributed by atoms with Crippen LogP contribution in [0.15, 0.2) is 72.9 Å². The predicted octanol–water partition coefficient (Wildman–Crippen LogP) is 19.8. The fraction of sp³-hybridized carbons (Fsp3) is 0.794. The number of nitrogens with one attached hydrogen (secondary N) is 1. The quantitative estimate of drug-likeness (QED) is 0.0420. The number of unbranched alkanes of at least 4 members (excludes halogenated alkanes) is 37. The average Bonchev–Trinajstić information content (AvgIpc) is 3.33. The number of allylic oxidation sites excluding steroid dienone is 11. The van der Waals surface area contributed by atoms with Gasteiger partial charge in [0, 0.05) is 6.42 Å². The molecule has 2 unspecified atom stereocenters. The summed E-state index contributed by atoms with van der Waals surface area (Å²) in [6.45, 7) is 4.21. The van der Waals surface area contributed by atoms with Gasteiger partial charge in [0.25, 0.3) is 0 Å². The highest BCUT2D eigenvalue weighted by atomic mass is 16.3. The molecule has 67 heavy (non-hydrogen) atoms. The molecule has 0 aliphatic heterocycles. The summed E-state index contributed by atoms with van der Waals surface area (Å²) in [5.41, 5.74) is 0. The first-order chi connectivity index (χ1) is 33.2. The number of aliphatic hydroxyl groups excluding tert-OH is 2. The molecule has 0 rings (SSSR count). The van der Waals surface area contributed by atoms with Crippen LogP contribution in [0.1, 0.15) is 303 Å². The fourth-order valence-electron chi connectivity index (χ4n) is 8.95. The van der Waals surface area contributed by atoms with Crippen molar-refractivity contribution in [3.63, 3.8) is 0 Å².